The highest BCUT2D eigenvalue weighted by atomic mass is 16.3. The molecule has 252 valence electrons. The van der Waals surface area contributed by atoms with Crippen LogP contribution >= 0.6 is 0 Å². The van der Waals surface area contributed by atoms with Gasteiger partial charge in [0.2, 0.25) is 0 Å². The van der Waals surface area contributed by atoms with E-state index in [0.717, 1.165) is 28.4 Å². The molecule has 10 aromatic rings. The van der Waals surface area contributed by atoms with Crippen molar-refractivity contribution in [2.24, 2.45) is 0 Å². The molecular formula is C52H38O. The lowest BCUT2D eigenvalue weighted by Crippen LogP contribution is -1.92. The first-order valence-electron chi connectivity index (χ1n) is 18.8. The highest BCUT2D eigenvalue weighted by Gasteiger charge is 2.21. The standard InChI is InChI=1S/C52H38O/c1-2-3-13-34-26-28-35(29-27-34)37-15-10-16-38(32-37)39-31-30-36-14-11-22-44(47(36)33-39)50-40-17-4-6-19-42(40)51(43-20-7-5-18-41(43)50)46-23-12-25-49-52(46)45-21-8-9-24-48(45)53-49/h4-12,14-33H,2-3,13H2,1H3. The van der Waals surface area contributed by atoms with Gasteiger partial charge in [-0.25, -0.2) is 0 Å². The maximum absolute atomic E-state index is 6.38. The first-order valence-corrected chi connectivity index (χ1v) is 18.8. The Morgan fingerprint density at radius 2 is 0.943 bits per heavy atom. The zero-order valence-electron chi connectivity index (χ0n) is 29.8. The van der Waals surface area contributed by atoms with E-state index in [1.165, 1.54) is 95.2 Å². The fourth-order valence-corrected chi connectivity index (χ4v) is 8.49. The summed E-state index contributed by atoms with van der Waals surface area (Å²) in [7, 11) is 0. The second-order valence-corrected chi connectivity index (χ2v) is 14.2. The highest BCUT2D eigenvalue weighted by molar-refractivity contribution is 6.27. The molecule has 1 aromatic heterocycles. The van der Waals surface area contributed by atoms with Crippen LogP contribution in [0.1, 0.15) is 25.3 Å². The number of para-hydroxylation sites is 1. The van der Waals surface area contributed by atoms with Crippen LogP contribution in [0.4, 0.5) is 0 Å². The van der Waals surface area contributed by atoms with Crippen LogP contribution in [0.2, 0.25) is 0 Å². The Kier molecular flexibility index (Phi) is 7.65. The van der Waals surface area contributed by atoms with Crippen molar-refractivity contribution in [2.75, 3.05) is 0 Å². The average Bonchev–Trinajstić information content (AvgIpc) is 3.61. The summed E-state index contributed by atoms with van der Waals surface area (Å²) < 4.78 is 6.38. The molecule has 53 heavy (non-hydrogen) atoms. The third-order valence-corrected chi connectivity index (χ3v) is 11.1. The number of hydrogen-bond acceptors (Lipinski definition) is 1. The van der Waals surface area contributed by atoms with E-state index in [9.17, 15) is 0 Å². The van der Waals surface area contributed by atoms with Gasteiger partial charge in [-0.05, 0) is 119 Å². The second-order valence-electron chi connectivity index (χ2n) is 14.2. The van der Waals surface area contributed by atoms with Crippen molar-refractivity contribution in [1.82, 2.24) is 0 Å². The summed E-state index contributed by atoms with van der Waals surface area (Å²) in [6, 6.07) is 64.6. The van der Waals surface area contributed by atoms with Crippen LogP contribution in [0.5, 0.6) is 0 Å². The Hall–Kier alpha value is -6.44. The minimum atomic E-state index is 0.913. The summed E-state index contributed by atoms with van der Waals surface area (Å²) >= 11 is 0. The molecule has 0 fully saturated rings. The van der Waals surface area contributed by atoms with Gasteiger partial charge in [-0.3, -0.25) is 0 Å². The molecule has 0 N–H and O–H groups in total. The molecule has 0 aliphatic rings. The molecular weight excluding hydrogens is 641 g/mol. The molecule has 0 atom stereocenters. The lowest BCUT2D eigenvalue weighted by Gasteiger charge is -2.19. The third kappa shape index (κ3) is 5.31. The minimum absolute atomic E-state index is 0.913. The molecule has 9 aromatic carbocycles. The number of hydrogen-bond donors (Lipinski definition) is 0. The fourth-order valence-electron chi connectivity index (χ4n) is 8.49. The molecule has 0 saturated carbocycles. The molecule has 1 nitrogen and oxygen atoms in total. The van der Waals surface area contributed by atoms with Gasteiger partial charge < -0.3 is 4.42 Å². The van der Waals surface area contributed by atoms with E-state index in [4.69, 9.17) is 4.42 Å². The summed E-state index contributed by atoms with van der Waals surface area (Å²) in [4.78, 5) is 0. The fraction of sp³-hybridized carbons (Fsp3) is 0.0769. The Balaban J connectivity index is 1.17. The van der Waals surface area contributed by atoms with Crippen molar-refractivity contribution in [2.45, 2.75) is 26.2 Å². The van der Waals surface area contributed by atoms with E-state index >= 15 is 0 Å². The van der Waals surface area contributed by atoms with Crippen molar-refractivity contribution in [3.8, 4) is 44.5 Å². The van der Waals surface area contributed by atoms with Crippen LogP contribution in [0.3, 0.4) is 0 Å². The van der Waals surface area contributed by atoms with Crippen molar-refractivity contribution < 1.29 is 4.42 Å². The monoisotopic (exact) mass is 678 g/mol. The van der Waals surface area contributed by atoms with E-state index in [2.05, 4.69) is 177 Å². The van der Waals surface area contributed by atoms with Crippen molar-refractivity contribution in [1.29, 1.82) is 0 Å². The van der Waals surface area contributed by atoms with Gasteiger partial charge in [0.05, 0.1) is 0 Å². The Labute approximate surface area is 309 Å². The normalized spacial score (nSPS) is 11.7. The Morgan fingerprint density at radius 1 is 0.396 bits per heavy atom. The van der Waals surface area contributed by atoms with Gasteiger partial charge in [0.25, 0.3) is 0 Å². The molecule has 0 saturated heterocycles. The molecule has 0 aliphatic heterocycles. The van der Waals surface area contributed by atoms with E-state index in [1.54, 1.807) is 0 Å². The lowest BCUT2D eigenvalue weighted by atomic mass is 9.83. The van der Waals surface area contributed by atoms with Crippen molar-refractivity contribution in [3.63, 3.8) is 0 Å². The molecule has 0 spiro atoms. The van der Waals surface area contributed by atoms with Crippen molar-refractivity contribution >= 4 is 54.3 Å². The molecule has 0 radical (unpaired) electrons. The molecule has 1 heterocycles. The number of unbranched alkanes of at least 4 members (excludes halogenated alkanes) is 1. The predicted octanol–water partition coefficient (Wildman–Crippen LogP) is 15.1. The van der Waals surface area contributed by atoms with Crippen LogP contribution in [0.25, 0.3) is 98.8 Å². The molecule has 0 bridgehead atoms. The highest BCUT2D eigenvalue weighted by Crippen LogP contribution is 2.48. The Bertz CT molecular complexity index is 2920. The van der Waals surface area contributed by atoms with Gasteiger partial charge >= 0.3 is 0 Å². The van der Waals surface area contributed by atoms with Crippen LogP contribution in [-0.4, -0.2) is 0 Å². The van der Waals surface area contributed by atoms with Gasteiger partial charge in [0.15, 0.2) is 0 Å². The second kappa shape index (κ2) is 13.0. The van der Waals surface area contributed by atoms with E-state index < -0.39 is 0 Å². The number of benzene rings is 9. The maximum Gasteiger partial charge on any atom is 0.136 e. The zero-order chi connectivity index (χ0) is 35.3. The van der Waals surface area contributed by atoms with Gasteiger partial charge in [-0.15, -0.1) is 0 Å². The van der Waals surface area contributed by atoms with Crippen LogP contribution in [0, 0.1) is 0 Å². The van der Waals surface area contributed by atoms with Crippen LogP contribution in [-0.2, 0) is 6.42 Å². The van der Waals surface area contributed by atoms with E-state index in [1.807, 2.05) is 6.07 Å². The smallest absolute Gasteiger partial charge is 0.136 e. The topological polar surface area (TPSA) is 13.1 Å². The largest absolute Gasteiger partial charge is 0.456 e. The number of fused-ring (bicyclic) bond motifs is 6. The Morgan fingerprint density at radius 3 is 1.66 bits per heavy atom. The minimum Gasteiger partial charge on any atom is -0.456 e. The first kappa shape index (κ1) is 31.3. The quantitative estimate of drug-likeness (QED) is 0.153. The van der Waals surface area contributed by atoms with Crippen LogP contribution < -0.4 is 0 Å². The van der Waals surface area contributed by atoms with Gasteiger partial charge in [0.1, 0.15) is 11.2 Å². The third-order valence-electron chi connectivity index (χ3n) is 11.1. The number of furan rings is 1. The summed E-state index contributed by atoms with van der Waals surface area (Å²) in [6.07, 6.45) is 3.59. The molecule has 0 unspecified atom stereocenters. The summed E-state index contributed by atoms with van der Waals surface area (Å²) in [6.45, 7) is 2.25. The first-order chi connectivity index (χ1) is 26.2. The van der Waals surface area contributed by atoms with E-state index in [-0.39, 0.29) is 0 Å². The summed E-state index contributed by atoms with van der Waals surface area (Å²) in [5.41, 5.74) is 13.1. The van der Waals surface area contributed by atoms with Crippen molar-refractivity contribution in [3.05, 3.63) is 181 Å². The summed E-state index contributed by atoms with van der Waals surface area (Å²) in [5.74, 6) is 0. The van der Waals surface area contributed by atoms with Gasteiger partial charge in [0, 0.05) is 10.8 Å². The van der Waals surface area contributed by atoms with Gasteiger partial charge in [-0.1, -0.05) is 165 Å². The lowest BCUT2D eigenvalue weighted by molar-refractivity contribution is 0.669. The maximum atomic E-state index is 6.38. The predicted molar refractivity (Wildman–Crippen MR) is 227 cm³/mol. The SMILES string of the molecule is CCCCc1ccc(-c2cccc(-c3ccc4cccc(-c5c6ccccc6c(-c6cccc7oc8ccccc8c67)c6ccccc56)c4c3)c2)cc1. The number of rotatable bonds is 7. The zero-order valence-corrected chi connectivity index (χ0v) is 29.8. The summed E-state index contributed by atoms with van der Waals surface area (Å²) in [5, 5.41) is 9.75. The molecule has 0 amide bonds. The molecule has 10 rings (SSSR count). The average molecular weight is 679 g/mol. The van der Waals surface area contributed by atoms with Crippen LogP contribution in [0.15, 0.2) is 180 Å². The molecule has 0 aliphatic carbocycles. The number of aryl methyl sites for hydroxylation is 1. The molecule has 1 heteroatoms. The van der Waals surface area contributed by atoms with Gasteiger partial charge in [-0.2, -0.15) is 0 Å². The van der Waals surface area contributed by atoms with E-state index in [0.29, 0.717) is 0 Å².